The molecule has 4 heteroatoms. The first-order valence-electron chi connectivity index (χ1n) is 13.0. The number of halogens is 2. The van der Waals surface area contributed by atoms with E-state index in [1.165, 1.54) is 65.3 Å². The Morgan fingerprint density at radius 3 is 1.12 bits per heavy atom. The minimum absolute atomic E-state index is 0. The first kappa shape index (κ1) is 35.8. The van der Waals surface area contributed by atoms with Crippen molar-refractivity contribution in [2.75, 3.05) is 0 Å². The molecule has 0 saturated heterocycles. The second kappa shape index (κ2) is 16.9. The van der Waals surface area contributed by atoms with Gasteiger partial charge in [0.05, 0.1) is 0 Å². The Morgan fingerprint density at radius 2 is 0.800 bits per heavy atom. The summed E-state index contributed by atoms with van der Waals surface area (Å²) in [6, 6.07) is 38.5. The SMILES string of the molecule is Cc1cc(C)c([Si]c2c(C)cc(C)cc2C)c(C)c1.[Cl-].[Cl-].[Zr+4].c1ccc2[cH-]ccc2c1.c1ccc2[cH-]ccc2c1. The first-order valence-corrected chi connectivity index (χ1v) is 14.0. The van der Waals surface area contributed by atoms with E-state index >= 15 is 0 Å². The first-order chi connectivity index (χ1) is 17.8. The minimum atomic E-state index is 0. The smallest absolute Gasteiger partial charge is 1.00 e. The summed E-state index contributed by atoms with van der Waals surface area (Å²) in [5.74, 6) is 0. The van der Waals surface area contributed by atoms with E-state index in [1.807, 2.05) is 0 Å². The summed E-state index contributed by atoms with van der Waals surface area (Å²) in [5.41, 5.74) is 8.43. The quantitative estimate of drug-likeness (QED) is 0.198. The van der Waals surface area contributed by atoms with Crippen molar-refractivity contribution in [3.8, 4) is 0 Å². The summed E-state index contributed by atoms with van der Waals surface area (Å²) in [6.45, 7) is 13.3. The Morgan fingerprint density at radius 1 is 0.475 bits per heavy atom. The molecule has 6 aromatic rings. The van der Waals surface area contributed by atoms with Crippen LogP contribution in [0, 0.1) is 41.5 Å². The Balaban J connectivity index is 0.000000320. The third-order valence-corrected chi connectivity index (χ3v) is 8.78. The molecule has 0 aliphatic carbocycles. The van der Waals surface area contributed by atoms with Gasteiger partial charge in [-0.3, -0.25) is 0 Å². The largest absolute Gasteiger partial charge is 4.00 e. The van der Waals surface area contributed by atoms with Crippen LogP contribution < -0.4 is 35.2 Å². The van der Waals surface area contributed by atoms with Gasteiger partial charge in [-0.1, -0.05) is 80.2 Å². The third-order valence-electron chi connectivity index (χ3n) is 6.70. The fraction of sp³-hybridized carbons (Fsp3) is 0.167. The Kier molecular flexibility index (Phi) is 15.1. The van der Waals surface area contributed by atoms with Crippen LogP contribution in [0.5, 0.6) is 0 Å². The molecule has 6 aromatic carbocycles. The van der Waals surface area contributed by atoms with Crippen LogP contribution in [0.25, 0.3) is 21.5 Å². The molecular formula is C36H36Cl2SiZr. The Labute approximate surface area is 274 Å². The van der Waals surface area contributed by atoms with Crippen LogP contribution in [0.4, 0.5) is 0 Å². The number of fused-ring (bicyclic) bond motifs is 2. The number of hydrogen-bond donors (Lipinski definition) is 0. The maximum atomic E-state index is 2.30. The maximum Gasteiger partial charge on any atom is 4.00 e. The molecule has 6 rings (SSSR count). The van der Waals surface area contributed by atoms with Gasteiger partial charge in [-0.05, 0) is 41.5 Å². The Hall–Kier alpha value is -2.22. The van der Waals surface area contributed by atoms with Crippen molar-refractivity contribution >= 4 is 41.4 Å². The molecular weight excluding hydrogens is 623 g/mol. The summed E-state index contributed by atoms with van der Waals surface area (Å²) >= 11 is 0. The number of benzene rings is 4. The Bertz CT molecular complexity index is 1400. The van der Waals surface area contributed by atoms with Crippen molar-refractivity contribution in [2.45, 2.75) is 41.5 Å². The molecule has 0 saturated carbocycles. The predicted molar refractivity (Wildman–Crippen MR) is 165 cm³/mol. The predicted octanol–water partition coefficient (Wildman–Crippen LogP) is 2.32. The average molecular weight is 659 g/mol. The minimum Gasteiger partial charge on any atom is -1.00 e. The fourth-order valence-corrected chi connectivity index (χ4v) is 6.35. The van der Waals surface area contributed by atoms with E-state index in [1.54, 1.807) is 0 Å². The number of aryl methyl sites for hydroxylation is 6. The van der Waals surface area contributed by atoms with Crippen molar-refractivity contribution < 1.29 is 51.0 Å². The molecule has 0 heterocycles. The number of rotatable bonds is 2. The summed E-state index contributed by atoms with van der Waals surface area (Å²) < 4.78 is 0. The van der Waals surface area contributed by atoms with Crippen molar-refractivity contribution in [3.63, 3.8) is 0 Å². The zero-order valence-corrected chi connectivity index (χ0v) is 29.1. The van der Waals surface area contributed by atoms with Gasteiger partial charge in [0.15, 0.2) is 0 Å². The van der Waals surface area contributed by atoms with Crippen LogP contribution >= 0.6 is 0 Å². The molecule has 40 heavy (non-hydrogen) atoms. The molecule has 0 unspecified atom stereocenters. The average Bonchev–Trinajstić information content (AvgIpc) is 3.53. The van der Waals surface area contributed by atoms with E-state index in [9.17, 15) is 0 Å². The van der Waals surface area contributed by atoms with Crippen LogP contribution in [0.3, 0.4) is 0 Å². The molecule has 0 aromatic heterocycles. The second-order valence-electron chi connectivity index (χ2n) is 9.98. The summed E-state index contributed by atoms with van der Waals surface area (Å²) in [5, 5.41) is 8.35. The summed E-state index contributed by atoms with van der Waals surface area (Å²) in [7, 11) is 0.765. The molecule has 0 nitrogen and oxygen atoms in total. The van der Waals surface area contributed by atoms with Gasteiger partial charge in [0, 0.05) is 0 Å². The van der Waals surface area contributed by atoms with E-state index in [-0.39, 0.29) is 51.0 Å². The van der Waals surface area contributed by atoms with Gasteiger partial charge in [0.25, 0.3) is 0 Å². The van der Waals surface area contributed by atoms with Gasteiger partial charge >= 0.3 is 26.2 Å². The van der Waals surface area contributed by atoms with Crippen molar-refractivity contribution in [3.05, 3.63) is 143 Å². The van der Waals surface area contributed by atoms with Crippen LogP contribution in [0.2, 0.25) is 0 Å². The van der Waals surface area contributed by atoms with Gasteiger partial charge in [-0.15, -0.1) is 59.3 Å². The van der Waals surface area contributed by atoms with E-state index in [0.29, 0.717) is 0 Å². The van der Waals surface area contributed by atoms with Gasteiger partial charge in [-0.25, -0.2) is 0 Å². The van der Waals surface area contributed by atoms with Gasteiger partial charge < -0.3 is 24.8 Å². The second-order valence-corrected chi connectivity index (χ2v) is 11.2. The van der Waals surface area contributed by atoms with Crippen LogP contribution in [0.1, 0.15) is 33.4 Å². The maximum absolute atomic E-state index is 2.30. The summed E-state index contributed by atoms with van der Waals surface area (Å²) in [4.78, 5) is 0. The van der Waals surface area contributed by atoms with E-state index in [2.05, 4.69) is 151 Å². The third kappa shape index (κ3) is 9.42. The molecule has 0 fully saturated rings. The molecule has 0 amide bonds. The van der Waals surface area contributed by atoms with Crippen LogP contribution in [-0.2, 0) is 26.2 Å². The standard InChI is InChI=1S/C18H22Si.2C9H7.2ClH.Zr/c1-11-7-13(3)17(14(4)8-11)19-18-15(5)9-12(2)10-16(18)6;2*1-2-5-9-7-3-6-8(9)4-1;;;/h7-10H,1-6H3;2*1-7H;2*1H;/q;2*-1;;;+4/p-2. The zero-order chi connectivity index (χ0) is 26.4. The molecule has 0 spiro atoms. The van der Waals surface area contributed by atoms with Crippen molar-refractivity contribution in [2.24, 2.45) is 0 Å². The fourth-order valence-electron chi connectivity index (χ4n) is 5.02. The number of hydrogen-bond acceptors (Lipinski definition) is 0. The van der Waals surface area contributed by atoms with Crippen molar-refractivity contribution in [1.29, 1.82) is 0 Å². The molecule has 0 N–H and O–H groups in total. The van der Waals surface area contributed by atoms with Crippen LogP contribution in [-0.4, -0.2) is 9.52 Å². The molecule has 202 valence electrons. The molecule has 0 aliphatic rings. The zero-order valence-electron chi connectivity index (χ0n) is 24.1. The van der Waals surface area contributed by atoms with Crippen molar-refractivity contribution in [1.82, 2.24) is 0 Å². The molecule has 0 aliphatic heterocycles. The van der Waals surface area contributed by atoms with E-state index < -0.39 is 0 Å². The van der Waals surface area contributed by atoms with E-state index in [4.69, 9.17) is 0 Å². The monoisotopic (exact) mass is 656 g/mol. The molecule has 0 bridgehead atoms. The summed E-state index contributed by atoms with van der Waals surface area (Å²) in [6.07, 6.45) is 0. The topological polar surface area (TPSA) is 0 Å². The molecule has 0 atom stereocenters. The van der Waals surface area contributed by atoms with Crippen LogP contribution in [0.15, 0.2) is 109 Å². The van der Waals surface area contributed by atoms with E-state index in [0.717, 1.165) is 9.52 Å². The van der Waals surface area contributed by atoms with Gasteiger partial charge in [-0.2, -0.15) is 35.0 Å². The molecule has 2 radical (unpaired) electrons. The normalized spacial score (nSPS) is 9.75. The van der Waals surface area contributed by atoms with Gasteiger partial charge in [0.1, 0.15) is 9.52 Å². The van der Waals surface area contributed by atoms with Gasteiger partial charge in [0.2, 0.25) is 0 Å².